The van der Waals surface area contributed by atoms with E-state index in [9.17, 15) is 4.79 Å². The van der Waals surface area contributed by atoms with Crippen LogP contribution in [0.15, 0.2) is 12.2 Å². The van der Waals surface area contributed by atoms with Gasteiger partial charge in [0.25, 0.3) is 0 Å². The lowest BCUT2D eigenvalue weighted by molar-refractivity contribution is -0.134. The van der Waals surface area contributed by atoms with Crippen molar-refractivity contribution in [1.82, 2.24) is 0 Å². The van der Waals surface area contributed by atoms with Crippen molar-refractivity contribution in [3.8, 4) is 0 Å². The molecule has 0 unspecified atom stereocenters. The topological polar surface area (TPSA) is 35.5 Å². The van der Waals surface area contributed by atoms with Crippen LogP contribution in [-0.4, -0.2) is 26.3 Å². The molecule has 0 aliphatic carbocycles. The fourth-order valence-electron chi connectivity index (χ4n) is 0.987. The predicted octanol–water partition coefficient (Wildman–Crippen LogP) is 0.752. The van der Waals surface area contributed by atoms with Crippen LogP contribution in [0, 0.1) is 5.92 Å². The summed E-state index contributed by atoms with van der Waals surface area (Å²) in [4.78, 5) is 10.6. The minimum atomic E-state index is -0.295. The van der Waals surface area contributed by atoms with Gasteiger partial charge in [0.2, 0.25) is 0 Å². The van der Waals surface area contributed by atoms with E-state index in [1.54, 1.807) is 0 Å². The summed E-state index contributed by atoms with van der Waals surface area (Å²) in [7, 11) is 1.37. The van der Waals surface area contributed by atoms with E-state index >= 15 is 0 Å². The first-order valence-corrected chi connectivity index (χ1v) is 3.67. The van der Waals surface area contributed by atoms with Crippen molar-refractivity contribution in [2.75, 3.05) is 20.3 Å². The SMILES string of the molecule is COC(=O)/C=C\[C@@H]1CCOC1. The summed E-state index contributed by atoms with van der Waals surface area (Å²) in [6.45, 7) is 1.53. The monoisotopic (exact) mass is 156 g/mol. The van der Waals surface area contributed by atoms with Crippen LogP contribution < -0.4 is 0 Å². The molecule has 62 valence electrons. The Bertz CT molecular complexity index is 157. The normalized spacial score (nSPS) is 24.3. The zero-order valence-electron chi connectivity index (χ0n) is 6.58. The van der Waals surface area contributed by atoms with Crippen molar-refractivity contribution in [1.29, 1.82) is 0 Å². The first-order valence-electron chi connectivity index (χ1n) is 3.67. The smallest absolute Gasteiger partial charge is 0.330 e. The van der Waals surface area contributed by atoms with Crippen molar-refractivity contribution in [2.45, 2.75) is 6.42 Å². The summed E-state index contributed by atoms with van der Waals surface area (Å²) in [6, 6.07) is 0. The Morgan fingerprint density at radius 2 is 2.55 bits per heavy atom. The van der Waals surface area contributed by atoms with Gasteiger partial charge in [-0.2, -0.15) is 0 Å². The molecule has 1 aliphatic heterocycles. The molecule has 0 radical (unpaired) electrons. The Labute approximate surface area is 66.0 Å². The van der Waals surface area contributed by atoms with Gasteiger partial charge in [-0.05, 0) is 6.42 Å². The molecule has 1 aliphatic rings. The van der Waals surface area contributed by atoms with Gasteiger partial charge in [0.05, 0.1) is 13.7 Å². The van der Waals surface area contributed by atoms with Gasteiger partial charge in [-0.15, -0.1) is 0 Å². The third-order valence-corrected chi connectivity index (χ3v) is 1.67. The second-order valence-electron chi connectivity index (χ2n) is 2.51. The molecule has 0 spiro atoms. The number of ether oxygens (including phenoxy) is 2. The second-order valence-corrected chi connectivity index (χ2v) is 2.51. The fourth-order valence-corrected chi connectivity index (χ4v) is 0.987. The number of rotatable bonds is 2. The quantitative estimate of drug-likeness (QED) is 0.437. The Morgan fingerprint density at radius 1 is 1.73 bits per heavy atom. The highest BCUT2D eigenvalue weighted by atomic mass is 16.5. The molecule has 11 heavy (non-hydrogen) atoms. The van der Waals surface area contributed by atoms with Crippen molar-refractivity contribution < 1.29 is 14.3 Å². The molecule has 0 aromatic carbocycles. The Balaban J connectivity index is 2.27. The predicted molar refractivity (Wildman–Crippen MR) is 40.1 cm³/mol. The summed E-state index contributed by atoms with van der Waals surface area (Å²) < 4.78 is 9.56. The van der Waals surface area contributed by atoms with Crippen molar-refractivity contribution in [3.05, 3.63) is 12.2 Å². The van der Waals surface area contributed by atoms with E-state index in [1.807, 2.05) is 6.08 Å². The molecular weight excluding hydrogens is 144 g/mol. The average Bonchev–Trinajstić information content (AvgIpc) is 2.52. The molecule has 0 aromatic heterocycles. The van der Waals surface area contributed by atoms with Gasteiger partial charge in [0.1, 0.15) is 0 Å². The van der Waals surface area contributed by atoms with Crippen LogP contribution in [0.3, 0.4) is 0 Å². The molecule has 3 nitrogen and oxygen atoms in total. The van der Waals surface area contributed by atoms with E-state index < -0.39 is 0 Å². The number of carbonyl (C=O) groups is 1. The standard InChI is InChI=1S/C8H12O3/c1-10-8(9)3-2-7-4-5-11-6-7/h2-3,7H,4-6H2,1H3/b3-2-/t7-/m1/s1. The summed E-state index contributed by atoms with van der Waals surface area (Å²) >= 11 is 0. The molecule has 1 fully saturated rings. The van der Waals surface area contributed by atoms with Crippen LogP contribution in [0.25, 0.3) is 0 Å². The van der Waals surface area contributed by atoms with Crippen LogP contribution in [0.5, 0.6) is 0 Å². The maximum absolute atomic E-state index is 10.6. The molecular formula is C8H12O3. The molecule has 0 N–H and O–H groups in total. The van der Waals surface area contributed by atoms with Crippen LogP contribution in [-0.2, 0) is 14.3 Å². The zero-order chi connectivity index (χ0) is 8.10. The van der Waals surface area contributed by atoms with E-state index in [1.165, 1.54) is 13.2 Å². The summed E-state index contributed by atoms with van der Waals surface area (Å²) in [5.74, 6) is 0.103. The Kier molecular flexibility index (Phi) is 3.11. The molecule has 0 bridgehead atoms. The molecule has 1 heterocycles. The number of hydrogen-bond donors (Lipinski definition) is 0. The van der Waals surface area contributed by atoms with Crippen molar-refractivity contribution >= 4 is 5.97 Å². The van der Waals surface area contributed by atoms with Crippen LogP contribution in [0.1, 0.15) is 6.42 Å². The number of methoxy groups -OCH3 is 1. The van der Waals surface area contributed by atoms with Gasteiger partial charge in [-0.3, -0.25) is 0 Å². The molecule has 1 saturated heterocycles. The van der Waals surface area contributed by atoms with E-state index in [4.69, 9.17) is 4.74 Å². The average molecular weight is 156 g/mol. The number of hydrogen-bond acceptors (Lipinski definition) is 3. The third kappa shape index (κ3) is 2.72. The molecule has 3 heteroatoms. The number of carbonyl (C=O) groups excluding carboxylic acids is 1. The molecule has 0 amide bonds. The van der Waals surface area contributed by atoms with Crippen molar-refractivity contribution in [3.63, 3.8) is 0 Å². The second kappa shape index (κ2) is 4.13. The largest absolute Gasteiger partial charge is 0.466 e. The first-order chi connectivity index (χ1) is 5.33. The summed E-state index contributed by atoms with van der Waals surface area (Å²) in [5.41, 5.74) is 0. The molecule has 0 saturated carbocycles. The minimum Gasteiger partial charge on any atom is -0.466 e. The van der Waals surface area contributed by atoms with E-state index in [0.717, 1.165) is 19.6 Å². The first kappa shape index (κ1) is 8.27. The van der Waals surface area contributed by atoms with Crippen LogP contribution in [0.4, 0.5) is 0 Å². The lowest BCUT2D eigenvalue weighted by atomic mass is 10.1. The zero-order valence-corrected chi connectivity index (χ0v) is 6.58. The molecule has 0 aromatic rings. The third-order valence-electron chi connectivity index (χ3n) is 1.67. The molecule has 1 atom stereocenters. The fraction of sp³-hybridized carbons (Fsp3) is 0.625. The highest BCUT2D eigenvalue weighted by Gasteiger charge is 2.11. The van der Waals surface area contributed by atoms with Gasteiger partial charge in [0, 0.05) is 18.6 Å². The van der Waals surface area contributed by atoms with Gasteiger partial charge < -0.3 is 9.47 Å². The van der Waals surface area contributed by atoms with Gasteiger partial charge in [-0.25, -0.2) is 4.79 Å². The highest BCUT2D eigenvalue weighted by Crippen LogP contribution is 2.12. The van der Waals surface area contributed by atoms with Crippen LogP contribution >= 0.6 is 0 Å². The lowest BCUT2D eigenvalue weighted by Gasteiger charge is -1.96. The summed E-state index contributed by atoms with van der Waals surface area (Å²) in [5, 5.41) is 0. The van der Waals surface area contributed by atoms with Crippen LogP contribution in [0.2, 0.25) is 0 Å². The highest BCUT2D eigenvalue weighted by molar-refractivity contribution is 5.81. The maximum Gasteiger partial charge on any atom is 0.330 e. The Morgan fingerprint density at radius 3 is 3.09 bits per heavy atom. The van der Waals surface area contributed by atoms with E-state index in [2.05, 4.69) is 4.74 Å². The lowest BCUT2D eigenvalue weighted by Crippen LogP contribution is -1.98. The van der Waals surface area contributed by atoms with Crippen molar-refractivity contribution in [2.24, 2.45) is 5.92 Å². The van der Waals surface area contributed by atoms with E-state index in [-0.39, 0.29) is 5.97 Å². The molecule has 1 rings (SSSR count). The number of esters is 1. The van der Waals surface area contributed by atoms with Gasteiger partial charge in [-0.1, -0.05) is 6.08 Å². The maximum atomic E-state index is 10.6. The minimum absolute atomic E-state index is 0.295. The Hall–Kier alpha value is -0.830. The van der Waals surface area contributed by atoms with Gasteiger partial charge >= 0.3 is 5.97 Å². The van der Waals surface area contributed by atoms with Gasteiger partial charge in [0.15, 0.2) is 0 Å². The summed E-state index contributed by atoms with van der Waals surface area (Å²) in [6.07, 6.45) is 4.31. The van der Waals surface area contributed by atoms with E-state index in [0.29, 0.717) is 5.92 Å².